The molecule has 0 unspecified atom stereocenters. The summed E-state index contributed by atoms with van der Waals surface area (Å²) >= 11 is 6.16. The summed E-state index contributed by atoms with van der Waals surface area (Å²) in [5, 5.41) is 9.72. The molecular formula is C20H20ClN5O2. The number of methoxy groups -OCH3 is 1. The molecule has 0 atom stereocenters. The van der Waals surface area contributed by atoms with Crippen LogP contribution in [0.1, 0.15) is 12.5 Å². The average molecular weight is 398 g/mol. The zero-order chi connectivity index (χ0) is 20.1. The maximum absolute atomic E-state index is 11.2. The van der Waals surface area contributed by atoms with Gasteiger partial charge in [-0.1, -0.05) is 17.7 Å². The molecule has 0 fully saturated rings. The fraction of sp³-hybridized carbons (Fsp3) is 0.150. The lowest BCUT2D eigenvalue weighted by Gasteiger charge is -2.13. The van der Waals surface area contributed by atoms with E-state index in [1.165, 1.54) is 6.92 Å². The van der Waals surface area contributed by atoms with Crippen LogP contribution in [-0.2, 0) is 4.79 Å². The Morgan fingerprint density at radius 2 is 1.89 bits per heavy atom. The van der Waals surface area contributed by atoms with Crippen LogP contribution in [0.15, 0.2) is 48.7 Å². The van der Waals surface area contributed by atoms with Gasteiger partial charge in [0.25, 0.3) is 0 Å². The quantitative estimate of drug-likeness (QED) is 0.548. The minimum absolute atomic E-state index is 0.133. The minimum atomic E-state index is -0.133. The monoisotopic (exact) mass is 397 g/mol. The highest BCUT2D eigenvalue weighted by Gasteiger charge is 2.09. The first-order valence-corrected chi connectivity index (χ1v) is 8.91. The van der Waals surface area contributed by atoms with Gasteiger partial charge >= 0.3 is 0 Å². The molecule has 7 nitrogen and oxygen atoms in total. The number of aryl methyl sites for hydroxylation is 1. The number of anilines is 5. The molecule has 1 amide bonds. The molecule has 0 saturated heterocycles. The van der Waals surface area contributed by atoms with Crippen molar-refractivity contribution in [1.82, 2.24) is 9.97 Å². The van der Waals surface area contributed by atoms with Crippen molar-refractivity contribution in [1.29, 1.82) is 0 Å². The third kappa shape index (κ3) is 4.89. The van der Waals surface area contributed by atoms with E-state index in [2.05, 4.69) is 25.9 Å². The number of nitrogens with zero attached hydrogens (tertiary/aromatic N) is 2. The number of rotatable bonds is 6. The summed E-state index contributed by atoms with van der Waals surface area (Å²) in [6.45, 7) is 3.38. The van der Waals surface area contributed by atoms with Crippen molar-refractivity contribution in [2.24, 2.45) is 0 Å². The highest BCUT2D eigenvalue weighted by molar-refractivity contribution is 6.31. The lowest BCUT2D eigenvalue weighted by molar-refractivity contribution is -0.114. The van der Waals surface area contributed by atoms with Crippen molar-refractivity contribution >= 4 is 46.3 Å². The summed E-state index contributed by atoms with van der Waals surface area (Å²) in [6, 6.07) is 12.7. The molecule has 0 saturated carbocycles. The third-order valence-electron chi connectivity index (χ3n) is 3.84. The van der Waals surface area contributed by atoms with Crippen LogP contribution >= 0.6 is 11.6 Å². The molecule has 3 aromatic rings. The second kappa shape index (κ2) is 8.58. The van der Waals surface area contributed by atoms with Crippen LogP contribution in [0, 0.1) is 6.92 Å². The van der Waals surface area contributed by atoms with Crippen LogP contribution in [0.5, 0.6) is 5.75 Å². The van der Waals surface area contributed by atoms with Crippen LogP contribution in [-0.4, -0.2) is 23.0 Å². The molecule has 0 aliphatic heterocycles. The van der Waals surface area contributed by atoms with Crippen LogP contribution < -0.4 is 20.7 Å². The Labute approximate surface area is 168 Å². The lowest BCUT2D eigenvalue weighted by atomic mass is 10.2. The molecule has 144 valence electrons. The van der Waals surface area contributed by atoms with Crippen molar-refractivity contribution in [3.8, 4) is 5.75 Å². The van der Waals surface area contributed by atoms with E-state index in [1.54, 1.807) is 37.6 Å². The van der Waals surface area contributed by atoms with Crippen molar-refractivity contribution < 1.29 is 9.53 Å². The van der Waals surface area contributed by atoms with Gasteiger partial charge in [0.2, 0.25) is 11.9 Å². The largest absolute Gasteiger partial charge is 0.495 e. The molecule has 3 rings (SSSR count). The van der Waals surface area contributed by atoms with E-state index in [1.807, 2.05) is 25.1 Å². The van der Waals surface area contributed by atoms with Gasteiger partial charge in [-0.3, -0.25) is 4.79 Å². The van der Waals surface area contributed by atoms with E-state index in [9.17, 15) is 4.79 Å². The van der Waals surface area contributed by atoms with E-state index in [-0.39, 0.29) is 5.91 Å². The number of halogens is 1. The van der Waals surface area contributed by atoms with Gasteiger partial charge < -0.3 is 20.7 Å². The zero-order valence-corrected chi connectivity index (χ0v) is 16.5. The van der Waals surface area contributed by atoms with Gasteiger partial charge in [0, 0.05) is 35.6 Å². The molecular weight excluding hydrogens is 378 g/mol. The number of carbonyl (C=O) groups is 1. The maximum Gasteiger partial charge on any atom is 0.229 e. The first kappa shape index (κ1) is 19.4. The smallest absolute Gasteiger partial charge is 0.229 e. The van der Waals surface area contributed by atoms with E-state index in [0.717, 1.165) is 16.9 Å². The molecule has 0 spiro atoms. The number of nitrogens with one attached hydrogen (secondary N) is 3. The van der Waals surface area contributed by atoms with Gasteiger partial charge in [-0.15, -0.1) is 0 Å². The van der Waals surface area contributed by atoms with E-state index in [0.29, 0.717) is 28.2 Å². The Kier molecular flexibility index (Phi) is 5.96. The van der Waals surface area contributed by atoms with Crippen molar-refractivity contribution in [2.75, 3.05) is 23.1 Å². The second-order valence-corrected chi connectivity index (χ2v) is 6.49. The number of aromatic nitrogens is 2. The van der Waals surface area contributed by atoms with Gasteiger partial charge in [-0.25, -0.2) is 4.98 Å². The first-order valence-electron chi connectivity index (χ1n) is 8.53. The summed E-state index contributed by atoms with van der Waals surface area (Å²) in [6.07, 6.45) is 1.64. The van der Waals surface area contributed by atoms with Gasteiger partial charge in [-0.05, 0) is 42.8 Å². The molecule has 0 aliphatic carbocycles. The number of hydrogen-bond acceptors (Lipinski definition) is 6. The number of carbonyl (C=O) groups excluding carboxylic acids is 1. The number of hydrogen-bond donors (Lipinski definition) is 3. The van der Waals surface area contributed by atoms with Gasteiger partial charge in [0.1, 0.15) is 11.6 Å². The molecule has 8 heteroatoms. The summed E-state index contributed by atoms with van der Waals surface area (Å²) in [5.41, 5.74) is 3.12. The summed E-state index contributed by atoms with van der Waals surface area (Å²) in [7, 11) is 1.58. The SMILES string of the molecule is COc1cc(Cl)c(C)cc1Nc1ccnc(Nc2cccc(NC(C)=O)c2)n1. The van der Waals surface area contributed by atoms with Crippen LogP contribution in [0.25, 0.3) is 0 Å². The van der Waals surface area contributed by atoms with Gasteiger partial charge in [-0.2, -0.15) is 4.98 Å². The number of amides is 1. The Balaban J connectivity index is 1.80. The van der Waals surface area contributed by atoms with Crippen LogP contribution in [0.2, 0.25) is 5.02 Å². The molecule has 1 aromatic heterocycles. The zero-order valence-electron chi connectivity index (χ0n) is 15.7. The average Bonchev–Trinajstić information content (AvgIpc) is 2.64. The lowest BCUT2D eigenvalue weighted by Crippen LogP contribution is -2.06. The highest BCUT2D eigenvalue weighted by Crippen LogP contribution is 2.32. The first-order chi connectivity index (χ1) is 13.4. The molecule has 0 aliphatic rings. The molecule has 0 radical (unpaired) electrons. The van der Waals surface area contributed by atoms with Crippen LogP contribution in [0.4, 0.5) is 28.8 Å². The summed E-state index contributed by atoms with van der Waals surface area (Å²) in [5.74, 6) is 1.49. The van der Waals surface area contributed by atoms with E-state index >= 15 is 0 Å². The summed E-state index contributed by atoms with van der Waals surface area (Å²) in [4.78, 5) is 19.9. The number of ether oxygens (including phenoxy) is 1. The van der Waals surface area contributed by atoms with E-state index in [4.69, 9.17) is 16.3 Å². The minimum Gasteiger partial charge on any atom is -0.495 e. The Morgan fingerprint density at radius 1 is 1.11 bits per heavy atom. The highest BCUT2D eigenvalue weighted by atomic mass is 35.5. The fourth-order valence-electron chi connectivity index (χ4n) is 2.56. The molecule has 28 heavy (non-hydrogen) atoms. The van der Waals surface area contributed by atoms with Crippen molar-refractivity contribution in [3.63, 3.8) is 0 Å². The standard InChI is InChI=1S/C20H20ClN5O2/c1-12-9-17(18(28-3)11-16(12)21)25-19-7-8-22-20(26-19)24-15-6-4-5-14(10-15)23-13(2)27/h4-11H,1-3H3,(H,23,27)(H2,22,24,25,26). The van der Waals surface area contributed by atoms with Crippen LogP contribution in [0.3, 0.4) is 0 Å². The predicted octanol–water partition coefficient (Wildman–Crippen LogP) is 4.89. The molecule has 1 heterocycles. The van der Waals surface area contributed by atoms with Gasteiger partial charge in [0.05, 0.1) is 12.8 Å². The molecule has 0 bridgehead atoms. The second-order valence-electron chi connectivity index (χ2n) is 6.08. The topological polar surface area (TPSA) is 88.2 Å². The predicted molar refractivity (Wildman–Crippen MR) is 112 cm³/mol. The molecule has 2 aromatic carbocycles. The maximum atomic E-state index is 11.2. The Bertz CT molecular complexity index is 1010. The van der Waals surface area contributed by atoms with Crippen molar-refractivity contribution in [2.45, 2.75) is 13.8 Å². The Morgan fingerprint density at radius 3 is 2.64 bits per heavy atom. The normalized spacial score (nSPS) is 10.3. The van der Waals surface area contributed by atoms with Crippen molar-refractivity contribution in [3.05, 3.63) is 59.2 Å². The van der Waals surface area contributed by atoms with Gasteiger partial charge in [0.15, 0.2) is 0 Å². The third-order valence-corrected chi connectivity index (χ3v) is 4.25. The van der Waals surface area contributed by atoms with E-state index < -0.39 is 0 Å². The Hall–Kier alpha value is -3.32. The fourth-order valence-corrected chi connectivity index (χ4v) is 2.72. The summed E-state index contributed by atoms with van der Waals surface area (Å²) < 4.78 is 5.38. The number of benzene rings is 2. The molecule has 3 N–H and O–H groups in total.